The molecule has 150 valence electrons. The van der Waals surface area contributed by atoms with E-state index in [9.17, 15) is 9.59 Å². The number of carboxylic acid groups (broad SMARTS) is 1. The van der Waals surface area contributed by atoms with Crippen molar-refractivity contribution >= 4 is 35.1 Å². The molecule has 8 nitrogen and oxygen atoms in total. The Hall–Kier alpha value is -2.06. The Morgan fingerprint density at radius 2 is 1.86 bits per heavy atom. The maximum absolute atomic E-state index is 12.4. The van der Waals surface area contributed by atoms with Crippen molar-refractivity contribution in [1.82, 2.24) is 19.6 Å². The summed E-state index contributed by atoms with van der Waals surface area (Å²) < 4.78 is 8.51. The molecule has 10 heteroatoms. The van der Waals surface area contributed by atoms with Gasteiger partial charge < -0.3 is 9.84 Å². The topological polar surface area (TPSA) is 99.2 Å². The quantitative estimate of drug-likeness (QED) is 0.736. The third kappa shape index (κ3) is 3.75. The summed E-state index contributed by atoms with van der Waals surface area (Å²) in [5.41, 5.74) is 3.55. The van der Waals surface area contributed by atoms with Crippen LogP contribution in [0.2, 0.25) is 10.3 Å². The van der Waals surface area contributed by atoms with Gasteiger partial charge in [-0.05, 0) is 38.5 Å². The van der Waals surface area contributed by atoms with Gasteiger partial charge in [-0.2, -0.15) is 10.2 Å². The second kappa shape index (κ2) is 7.75. The summed E-state index contributed by atoms with van der Waals surface area (Å²) in [7, 11) is 0. The van der Waals surface area contributed by atoms with E-state index in [4.69, 9.17) is 33.0 Å². The van der Waals surface area contributed by atoms with Crippen molar-refractivity contribution in [1.29, 1.82) is 0 Å². The lowest BCUT2D eigenvalue weighted by atomic mass is 9.95. The third-order valence-corrected chi connectivity index (χ3v) is 6.00. The summed E-state index contributed by atoms with van der Waals surface area (Å²) in [5, 5.41) is 18.4. The molecule has 0 saturated heterocycles. The number of aromatic nitrogens is 4. The predicted octanol–water partition coefficient (Wildman–Crippen LogP) is 2.45. The minimum atomic E-state index is -1.00. The molecule has 1 N–H and O–H groups in total. The second-order valence-electron chi connectivity index (χ2n) is 7.20. The molecule has 1 unspecified atom stereocenters. The summed E-state index contributed by atoms with van der Waals surface area (Å²) >= 11 is 12.5. The van der Waals surface area contributed by atoms with E-state index in [1.54, 1.807) is 0 Å². The molecule has 2 aliphatic carbocycles. The number of rotatable bonds is 5. The van der Waals surface area contributed by atoms with E-state index in [0.717, 1.165) is 42.5 Å². The molecular formula is C18H20Cl2N4O4. The zero-order chi connectivity index (χ0) is 19.8. The molecule has 0 aromatic carbocycles. The molecule has 0 bridgehead atoms. The van der Waals surface area contributed by atoms with Crippen LogP contribution < -0.4 is 0 Å². The van der Waals surface area contributed by atoms with E-state index in [1.165, 1.54) is 9.36 Å². The van der Waals surface area contributed by atoms with E-state index in [1.807, 2.05) is 0 Å². The lowest BCUT2D eigenvalue weighted by Gasteiger charge is -2.23. The Labute approximate surface area is 171 Å². The van der Waals surface area contributed by atoms with Crippen molar-refractivity contribution in [3.8, 4) is 0 Å². The number of hydrogen-bond donors (Lipinski definition) is 1. The van der Waals surface area contributed by atoms with Crippen LogP contribution in [-0.4, -0.2) is 42.7 Å². The molecule has 0 fully saturated rings. The molecular weight excluding hydrogens is 407 g/mol. The van der Waals surface area contributed by atoms with Gasteiger partial charge in [-0.1, -0.05) is 23.2 Å². The highest BCUT2D eigenvalue weighted by atomic mass is 35.5. The van der Waals surface area contributed by atoms with Crippen LogP contribution in [0.3, 0.4) is 0 Å². The highest BCUT2D eigenvalue weighted by molar-refractivity contribution is 6.30. The van der Waals surface area contributed by atoms with Crippen molar-refractivity contribution in [2.24, 2.45) is 0 Å². The maximum atomic E-state index is 12.4. The van der Waals surface area contributed by atoms with Gasteiger partial charge in [-0.15, -0.1) is 0 Å². The average molecular weight is 427 g/mol. The minimum Gasteiger partial charge on any atom is -0.480 e. The van der Waals surface area contributed by atoms with Crippen LogP contribution in [0.15, 0.2) is 0 Å². The molecule has 2 heterocycles. The van der Waals surface area contributed by atoms with E-state index >= 15 is 0 Å². The Morgan fingerprint density at radius 3 is 2.61 bits per heavy atom. The third-order valence-electron chi connectivity index (χ3n) is 5.27. The minimum absolute atomic E-state index is 0.0374. The normalized spacial score (nSPS) is 18.4. The van der Waals surface area contributed by atoms with Gasteiger partial charge in [0.25, 0.3) is 0 Å². The van der Waals surface area contributed by atoms with Gasteiger partial charge in [0.1, 0.15) is 24.3 Å². The first-order chi connectivity index (χ1) is 13.4. The van der Waals surface area contributed by atoms with Crippen LogP contribution in [0.5, 0.6) is 0 Å². The van der Waals surface area contributed by atoms with Crippen molar-refractivity contribution in [2.75, 3.05) is 0 Å². The zero-order valence-electron chi connectivity index (χ0n) is 15.2. The number of esters is 1. The molecule has 0 amide bonds. The number of hydrogen-bond acceptors (Lipinski definition) is 5. The number of carboxylic acids is 1. The molecule has 0 aliphatic heterocycles. The predicted molar refractivity (Wildman–Crippen MR) is 101 cm³/mol. The Balaban J connectivity index is 1.42. The molecule has 0 radical (unpaired) electrons. The Morgan fingerprint density at radius 1 is 1.07 bits per heavy atom. The number of carbonyl (C=O) groups is 2. The summed E-state index contributed by atoms with van der Waals surface area (Å²) in [6, 6.07) is 0. The number of halogens is 2. The molecule has 0 spiro atoms. The number of ether oxygens (including phenoxy) is 1. The van der Waals surface area contributed by atoms with Crippen LogP contribution in [-0.2, 0) is 53.1 Å². The van der Waals surface area contributed by atoms with Gasteiger partial charge in [0.05, 0.1) is 5.69 Å². The van der Waals surface area contributed by atoms with Crippen molar-refractivity contribution in [2.45, 2.75) is 64.1 Å². The number of fused-ring (bicyclic) bond motifs is 2. The van der Waals surface area contributed by atoms with E-state index < -0.39 is 11.9 Å². The summed E-state index contributed by atoms with van der Waals surface area (Å²) in [6.45, 7) is -0.311. The molecule has 2 aliphatic rings. The monoisotopic (exact) mass is 426 g/mol. The van der Waals surface area contributed by atoms with Gasteiger partial charge in [-0.25, -0.2) is 4.68 Å². The van der Waals surface area contributed by atoms with Crippen LogP contribution >= 0.6 is 23.2 Å². The molecule has 2 aromatic heterocycles. The van der Waals surface area contributed by atoms with Crippen LogP contribution in [0.25, 0.3) is 0 Å². The molecule has 2 aromatic rings. The largest absolute Gasteiger partial charge is 0.480 e. The second-order valence-corrected chi connectivity index (χ2v) is 7.92. The fraction of sp³-hybridized carbons (Fsp3) is 0.556. The maximum Gasteiger partial charge on any atom is 0.328 e. The first kappa shape index (κ1) is 19.3. The summed E-state index contributed by atoms with van der Waals surface area (Å²) in [5.74, 6) is -1.41. The van der Waals surface area contributed by atoms with Gasteiger partial charge >= 0.3 is 11.9 Å². The number of carbonyl (C=O) groups excluding carboxylic acids is 1. The number of aliphatic carboxylic acids is 1. The van der Waals surface area contributed by atoms with E-state index in [2.05, 4.69) is 10.2 Å². The smallest absolute Gasteiger partial charge is 0.328 e. The zero-order valence-corrected chi connectivity index (χ0v) is 16.7. The van der Waals surface area contributed by atoms with Crippen molar-refractivity contribution < 1.29 is 19.4 Å². The van der Waals surface area contributed by atoms with Crippen LogP contribution in [0, 0.1) is 0 Å². The molecule has 28 heavy (non-hydrogen) atoms. The van der Waals surface area contributed by atoms with Crippen LogP contribution in [0.1, 0.15) is 41.8 Å². The van der Waals surface area contributed by atoms with Gasteiger partial charge in [-0.3, -0.25) is 14.3 Å². The fourth-order valence-corrected chi connectivity index (χ4v) is 4.57. The SMILES string of the molecule is O=C(O)Cn1nc(Cl)c2c1CC(OC(=O)Cn1nc3c(c1Cl)CCCC3)CC2. The molecule has 0 saturated carbocycles. The first-order valence-electron chi connectivity index (χ1n) is 9.31. The lowest BCUT2D eigenvalue weighted by Crippen LogP contribution is -2.29. The highest BCUT2D eigenvalue weighted by Crippen LogP contribution is 2.30. The number of aryl methyl sites for hydroxylation is 1. The Kier molecular flexibility index (Phi) is 5.33. The molecule has 4 rings (SSSR count). The van der Waals surface area contributed by atoms with Crippen molar-refractivity contribution in [3.05, 3.63) is 32.8 Å². The fourth-order valence-electron chi connectivity index (χ4n) is 3.98. The van der Waals surface area contributed by atoms with Crippen molar-refractivity contribution in [3.63, 3.8) is 0 Å². The summed E-state index contributed by atoms with van der Waals surface area (Å²) in [6.07, 6.45) is 5.17. The van der Waals surface area contributed by atoms with Crippen LogP contribution in [0.4, 0.5) is 0 Å². The highest BCUT2D eigenvalue weighted by Gasteiger charge is 2.29. The lowest BCUT2D eigenvalue weighted by molar-refractivity contribution is -0.150. The Bertz CT molecular complexity index is 937. The van der Waals surface area contributed by atoms with E-state index in [0.29, 0.717) is 35.3 Å². The molecule has 1 atom stereocenters. The average Bonchev–Trinajstić information content (AvgIpc) is 3.12. The summed E-state index contributed by atoms with van der Waals surface area (Å²) in [4.78, 5) is 23.5. The van der Waals surface area contributed by atoms with Gasteiger partial charge in [0.2, 0.25) is 0 Å². The number of nitrogens with zero attached hydrogens (tertiary/aromatic N) is 4. The van der Waals surface area contributed by atoms with E-state index in [-0.39, 0.29) is 19.2 Å². The first-order valence-corrected chi connectivity index (χ1v) is 10.1. The standard InChI is InChI=1S/C18H20Cl2N4O4/c19-17-12-6-5-10(7-14(12)23(22-17)8-15(25)26)28-16(27)9-24-18(20)11-3-1-2-4-13(11)21-24/h10H,1-9H2,(H,25,26). The van der Waals surface area contributed by atoms with Gasteiger partial charge in [0.15, 0.2) is 5.15 Å². The van der Waals surface area contributed by atoms with Gasteiger partial charge in [0, 0.05) is 23.2 Å².